The van der Waals surface area contributed by atoms with E-state index in [1.165, 1.54) is 0 Å². The van der Waals surface area contributed by atoms with Crippen molar-refractivity contribution in [3.63, 3.8) is 0 Å². The van der Waals surface area contributed by atoms with Crippen LogP contribution in [0.25, 0.3) is 0 Å². The van der Waals surface area contributed by atoms with E-state index in [0.717, 1.165) is 17.7 Å². The quantitative estimate of drug-likeness (QED) is 0.457. The molecule has 9 heteroatoms. The molecule has 2 heterocycles. The Morgan fingerprint density at radius 2 is 1.87 bits per heavy atom. The third kappa shape index (κ3) is 6.90. The number of carbonyl (C=O) groups is 2. The number of hydrogen-bond donors (Lipinski definition) is 3. The van der Waals surface area contributed by atoms with E-state index >= 15 is 0 Å². The van der Waals surface area contributed by atoms with E-state index in [0.29, 0.717) is 58.9 Å². The van der Waals surface area contributed by atoms with Crippen LogP contribution in [0.5, 0.6) is 5.75 Å². The van der Waals surface area contributed by atoms with Gasteiger partial charge in [0.15, 0.2) is 0 Å². The lowest BCUT2D eigenvalue weighted by Gasteiger charge is -2.35. The maximum Gasteiger partial charge on any atom is 0.241 e. The Kier molecular flexibility index (Phi) is 9.08. The lowest BCUT2D eigenvalue weighted by Crippen LogP contribution is -2.54. The number of benzene rings is 1. The molecule has 31 heavy (non-hydrogen) atoms. The summed E-state index contributed by atoms with van der Waals surface area (Å²) in [5, 5.41) is 2.91. The Bertz CT molecular complexity index is 706. The Labute approximate surface area is 184 Å². The van der Waals surface area contributed by atoms with Crippen LogP contribution < -0.4 is 20.9 Å². The molecule has 1 aromatic carbocycles. The monoisotopic (exact) mass is 433 g/mol. The van der Waals surface area contributed by atoms with Gasteiger partial charge in [0.2, 0.25) is 11.8 Å². The lowest BCUT2D eigenvalue weighted by molar-refractivity contribution is -0.135. The molecule has 3 rings (SSSR count). The normalized spacial score (nSPS) is 21.8. The van der Waals surface area contributed by atoms with Gasteiger partial charge in [0.05, 0.1) is 13.2 Å². The predicted octanol–water partition coefficient (Wildman–Crippen LogP) is 0.290. The summed E-state index contributed by atoms with van der Waals surface area (Å²) in [6.45, 7) is 6.95. The molecule has 2 atom stereocenters. The molecule has 2 fully saturated rings. The van der Waals surface area contributed by atoms with E-state index in [1.54, 1.807) is 7.11 Å². The van der Waals surface area contributed by atoms with E-state index in [9.17, 15) is 9.59 Å². The summed E-state index contributed by atoms with van der Waals surface area (Å²) >= 11 is 0. The number of hydrogen-bond acceptors (Lipinski definition) is 7. The van der Waals surface area contributed by atoms with Gasteiger partial charge in [-0.25, -0.2) is 10.9 Å². The van der Waals surface area contributed by atoms with Gasteiger partial charge in [0, 0.05) is 52.5 Å². The minimum Gasteiger partial charge on any atom is -0.494 e. The molecular weight excluding hydrogens is 398 g/mol. The number of piperazine rings is 1. The third-order valence-electron chi connectivity index (χ3n) is 5.69. The van der Waals surface area contributed by atoms with Crippen molar-refractivity contribution in [3.05, 3.63) is 29.8 Å². The third-order valence-corrected chi connectivity index (χ3v) is 5.69. The molecule has 172 valence electrons. The van der Waals surface area contributed by atoms with Crippen LogP contribution in [0, 0.1) is 0 Å². The maximum absolute atomic E-state index is 12.9. The van der Waals surface area contributed by atoms with Gasteiger partial charge in [0.1, 0.15) is 11.8 Å². The van der Waals surface area contributed by atoms with Crippen LogP contribution in [0.1, 0.15) is 31.4 Å². The number of ether oxygens (including phenoxy) is 2. The SMILES string of the molecule is CCOc1ccc(C2CC(C(=O)N3CCN(CC(=O)NCCCOC)CC3)NN2)cc1. The topological polar surface area (TPSA) is 95.2 Å². The number of carbonyl (C=O) groups excluding carboxylic acids is 2. The summed E-state index contributed by atoms with van der Waals surface area (Å²) in [4.78, 5) is 29.0. The number of nitrogens with one attached hydrogen (secondary N) is 3. The molecule has 9 nitrogen and oxygen atoms in total. The van der Waals surface area contributed by atoms with Crippen molar-refractivity contribution >= 4 is 11.8 Å². The Hall–Kier alpha value is -2.20. The van der Waals surface area contributed by atoms with Gasteiger partial charge in [-0.3, -0.25) is 14.5 Å². The van der Waals surface area contributed by atoms with Crippen molar-refractivity contribution in [1.29, 1.82) is 0 Å². The highest BCUT2D eigenvalue weighted by atomic mass is 16.5. The van der Waals surface area contributed by atoms with Crippen LogP contribution >= 0.6 is 0 Å². The van der Waals surface area contributed by atoms with Crippen molar-refractivity contribution in [2.45, 2.75) is 31.8 Å². The first-order valence-corrected chi connectivity index (χ1v) is 11.1. The molecule has 2 amide bonds. The summed E-state index contributed by atoms with van der Waals surface area (Å²) in [5.41, 5.74) is 7.54. The van der Waals surface area contributed by atoms with E-state index in [1.807, 2.05) is 36.1 Å². The van der Waals surface area contributed by atoms with E-state index in [4.69, 9.17) is 9.47 Å². The second-order valence-corrected chi connectivity index (χ2v) is 7.93. The van der Waals surface area contributed by atoms with Crippen LogP contribution in [0.4, 0.5) is 0 Å². The van der Waals surface area contributed by atoms with Crippen LogP contribution in [0.2, 0.25) is 0 Å². The fourth-order valence-corrected chi connectivity index (χ4v) is 3.95. The van der Waals surface area contributed by atoms with Crippen LogP contribution in [-0.2, 0) is 14.3 Å². The molecule has 3 N–H and O–H groups in total. The van der Waals surface area contributed by atoms with Gasteiger partial charge in [-0.2, -0.15) is 0 Å². The lowest BCUT2D eigenvalue weighted by atomic mass is 10.0. The summed E-state index contributed by atoms with van der Waals surface area (Å²) in [6, 6.07) is 7.84. The van der Waals surface area contributed by atoms with Gasteiger partial charge in [-0.1, -0.05) is 12.1 Å². The molecule has 0 spiro atoms. The molecule has 0 bridgehead atoms. The Balaban J connectivity index is 1.39. The molecule has 2 aliphatic rings. The van der Waals surface area contributed by atoms with Gasteiger partial charge in [-0.15, -0.1) is 0 Å². The molecular formula is C22H35N5O4. The largest absolute Gasteiger partial charge is 0.494 e. The molecule has 0 aromatic heterocycles. The fourth-order valence-electron chi connectivity index (χ4n) is 3.95. The molecule has 2 unspecified atom stereocenters. The van der Waals surface area contributed by atoms with Gasteiger partial charge in [-0.05, 0) is 37.5 Å². The number of methoxy groups -OCH3 is 1. The highest BCUT2D eigenvalue weighted by Crippen LogP contribution is 2.25. The summed E-state index contributed by atoms with van der Waals surface area (Å²) in [7, 11) is 1.65. The van der Waals surface area contributed by atoms with Crippen molar-refractivity contribution in [2.24, 2.45) is 0 Å². The molecule has 2 aliphatic heterocycles. The second-order valence-electron chi connectivity index (χ2n) is 7.93. The van der Waals surface area contributed by atoms with Crippen molar-refractivity contribution < 1.29 is 19.1 Å². The van der Waals surface area contributed by atoms with Crippen molar-refractivity contribution in [3.8, 4) is 5.75 Å². The van der Waals surface area contributed by atoms with E-state index in [-0.39, 0.29) is 23.9 Å². The van der Waals surface area contributed by atoms with Gasteiger partial charge >= 0.3 is 0 Å². The first-order valence-electron chi connectivity index (χ1n) is 11.1. The number of rotatable bonds is 10. The van der Waals surface area contributed by atoms with Crippen LogP contribution in [0.3, 0.4) is 0 Å². The minimum atomic E-state index is -0.243. The zero-order valence-corrected chi connectivity index (χ0v) is 18.6. The standard InChI is InChI=1S/C22H35N5O4/c1-3-31-18-7-5-17(6-8-18)19-15-20(25-24-19)22(29)27-12-10-26(11-13-27)16-21(28)23-9-4-14-30-2/h5-8,19-20,24-25H,3-4,9-16H2,1-2H3,(H,23,28). The highest BCUT2D eigenvalue weighted by Gasteiger charge is 2.34. The number of amides is 2. The zero-order valence-electron chi connectivity index (χ0n) is 18.6. The summed E-state index contributed by atoms with van der Waals surface area (Å²) < 4.78 is 10.5. The zero-order chi connectivity index (χ0) is 22.1. The number of hydrazine groups is 1. The van der Waals surface area contributed by atoms with Crippen molar-refractivity contribution in [1.82, 2.24) is 26.0 Å². The molecule has 0 aliphatic carbocycles. The van der Waals surface area contributed by atoms with Gasteiger partial charge in [0.25, 0.3) is 0 Å². The molecule has 0 saturated carbocycles. The first-order chi connectivity index (χ1) is 15.1. The second kappa shape index (κ2) is 12.0. The predicted molar refractivity (Wildman–Crippen MR) is 118 cm³/mol. The fraction of sp³-hybridized carbons (Fsp3) is 0.636. The van der Waals surface area contributed by atoms with Crippen LogP contribution in [-0.4, -0.2) is 87.2 Å². The minimum absolute atomic E-state index is 0.0238. The van der Waals surface area contributed by atoms with Gasteiger partial charge < -0.3 is 19.7 Å². The average Bonchev–Trinajstić information content (AvgIpc) is 3.28. The van der Waals surface area contributed by atoms with Crippen molar-refractivity contribution in [2.75, 3.05) is 59.6 Å². The molecule has 0 radical (unpaired) electrons. The highest BCUT2D eigenvalue weighted by molar-refractivity contribution is 5.82. The van der Waals surface area contributed by atoms with E-state index < -0.39 is 0 Å². The number of nitrogens with zero attached hydrogens (tertiary/aromatic N) is 2. The first kappa shape index (κ1) is 23.5. The molecule has 1 aromatic rings. The van der Waals surface area contributed by atoms with E-state index in [2.05, 4.69) is 21.1 Å². The molecule has 2 saturated heterocycles. The summed E-state index contributed by atoms with van der Waals surface area (Å²) in [5.74, 6) is 0.992. The average molecular weight is 434 g/mol. The Morgan fingerprint density at radius 1 is 1.13 bits per heavy atom. The smallest absolute Gasteiger partial charge is 0.241 e. The Morgan fingerprint density at radius 3 is 2.55 bits per heavy atom. The maximum atomic E-state index is 12.9. The summed E-state index contributed by atoms with van der Waals surface area (Å²) in [6.07, 6.45) is 1.52. The van der Waals surface area contributed by atoms with Crippen LogP contribution in [0.15, 0.2) is 24.3 Å².